The minimum absolute atomic E-state index is 0.191. The zero-order valence-electron chi connectivity index (χ0n) is 13.3. The summed E-state index contributed by atoms with van der Waals surface area (Å²) in [5.74, 6) is 0.655. The highest BCUT2D eigenvalue weighted by molar-refractivity contribution is 5.28. The molecule has 0 bridgehead atoms. The zero-order chi connectivity index (χ0) is 15.2. The first-order chi connectivity index (χ1) is 10.1. The predicted octanol–water partition coefficient (Wildman–Crippen LogP) is 4.73. The molecule has 0 aliphatic carbocycles. The minimum atomic E-state index is -0.344. The molecule has 0 spiro atoms. The van der Waals surface area contributed by atoms with Crippen LogP contribution in [0.25, 0.3) is 0 Å². The first kappa shape index (κ1) is 15.8. The molecule has 112 valence electrons. The van der Waals surface area contributed by atoms with E-state index < -0.39 is 0 Å². The molecule has 0 aliphatic rings. The molecule has 0 aromatic heterocycles. The monoisotopic (exact) mass is 282 g/mol. The van der Waals surface area contributed by atoms with E-state index in [1.54, 1.807) is 0 Å². The zero-order valence-corrected chi connectivity index (χ0v) is 13.3. The molecule has 1 N–H and O–H groups in total. The molecule has 2 aromatic rings. The highest BCUT2D eigenvalue weighted by Gasteiger charge is 2.26. The molecule has 0 radical (unpaired) electrons. The van der Waals surface area contributed by atoms with Gasteiger partial charge < -0.3 is 5.11 Å². The standard InChI is InChI=1S/C20H26O/c1-4-15(2)20(17-11-6-5-7-12-17)19(21)14-18-13-9-8-10-16(18)3/h5-13,15,19-21H,4,14H2,1-3H3. The van der Waals surface area contributed by atoms with E-state index in [0.717, 1.165) is 12.8 Å². The van der Waals surface area contributed by atoms with E-state index in [-0.39, 0.29) is 12.0 Å². The van der Waals surface area contributed by atoms with Gasteiger partial charge in [-0.1, -0.05) is 74.9 Å². The lowest BCUT2D eigenvalue weighted by Gasteiger charge is -2.29. The molecule has 2 rings (SSSR count). The van der Waals surface area contributed by atoms with Gasteiger partial charge >= 0.3 is 0 Å². The molecule has 0 saturated heterocycles. The maximum Gasteiger partial charge on any atom is 0.0651 e. The van der Waals surface area contributed by atoms with Crippen molar-refractivity contribution in [3.8, 4) is 0 Å². The van der Waals surface area contributed by atoms with Crippen molar-refractivity contribution in [3.63, 3.8) is 0 Å². The Balaban J connectivity index is 2.23. The van der Waals surface area contributed by atoms with E-state index in [9.17, 15) is 5.11 Å². The summed E-state index contributed by atoms with van der Waals surface area (Å²) >= 11 is 0. The van der Waals surface area contributed by atoms with Crippen LogP contribution >= 0.6 is 0 Å². The van der Waals surface area contributed by atoms with Crippen LogP contribution in [0.1, 0.15) is 42.9 Å². The van der Waals surface area contributed by atoms with E-state index in [1.807, 2.05) is 6.07 Å². The molecule has 1 heteroatoms. The quantitative estimate of drug-likeness (QED) is 0.812. The lowest BCUT2D eigenvalue weighted by Crippen LogP contribution is -2.26. The SMILES string of the molecule is CCC(C)C(c1ccccc1)C(O)Cc1ccccc1C. The summed E-state index contributed by atoms with van der Waals surface area (Å²) < 4.78 is 0. The second-order valence-electron chi connectivity index (χ2n) is 6.02. The molecule has 21 heavy (non-hydrogen) atoms. The molecule has 0 aliphatic heterocycles. The highest BCUT2D eigenvalue weighted by Crippen LogP contribution is 2.32. The maximum atomic E-state index is 10.8. The normalized spacial score (nSPS) is 15.4. The third-order valence-corrected chi connectivity index (χ3v) is 4.55. The van der Waals surface area contributed by atoms with Crippen molar-refractivity contribution < 1.29 is 5.11 Å². The number of rotatable bonds is 6. The fourth-order valence-corrected chi connectivity index (χ4v) is 3.05. The van der Waals surface area contributed by atoms with E-state index in [4.69, 9.17) is 0 Å². The van der Waals surface area contributed by atoms with Crippen LogP contribution in [0, 0.1) is 12.8 Å². The molecule has 0 amide bonds. The van der Waals surface area contributed by atoms with Gasteiger partial charge in [0.2, 0.25) is 0 Å². The Hall–Kier alpha value is -1.60. The molecular weight excluding hydrogens is 256 g/mol. The van der Waals surface area contributed by atoms with Gasteiger partial charge in [-0.15, -0.1) is 0 Å². The Kier molecular flexibility index (Phi) is 5.58. The van der Waals surface area contributed by atoms with Gasteiger partial charge in [0.05, 0.1) is 6.10 Å². The van der Waals surface area contributed by atoms with Crippen molar-refractivity contribution in [2.75, 3.05) is 0 Å². The Morgan fingerprint density at radius 1 is 0.952 bits per heavy atom. The van der Waals surface area contributed by atoms with Crippen LogP contribution in [0.5, 0.6) is 0 Å². The maximum absolute atomic E-state index is 10.8. The summed E-state index contributed by atoms with van der Waals surface area (Å²) in [5, 5.41) is 10.8. The first-order valence-corrected chi connectivity index (χ1v) is 7.91. The van der Waals surface area contributed by atoms with Gasteiger partial charge in [0, 0.05) is 5.92 Å². The van der Waals surface area contributed by atoms with Crippen molar-refractivity contribution in [2.45, 2.75) is 45.6 Å². The Bertz CT molecular complexity index is 547. The molecule has 0 fully saturated rings. The molecular formula is C20H26O. The van der Waals surface area contributed by atoms with E-state index >= 15 is 0 Å². The van der Waals surface area contributed by atoms with E-state index in [1.165, 1.54) is 16.7 Å². The number of hydrogen-bond donors (Lipinski definition) is 1. The van der Waals surface area contributed by atoms with Gasteiger partial charge in [-0.25, -0.2) is 0 Å². The second-order valence-corrected chi connectivity index (χ2v) is 6.02. The number of benzene rings is 2. The second kappa shape index (κ2) is 7.42. The molecule has 3 unspecified atom stereocenters. The minimum Gasteiger partial charge on any atom is -0.392 e. The average molecular weight is 282 g/mol. The van der Waals surface area contributed by atoms with Gasteiger partial charge in [-0.05, 0) is 36.0 Å². The highest BCUT2D eigenvalue weighted by atomic mass is 16.3. The Morgan fingerprint density at radius 3 is 2.19 bits per heavy atom. The van der Waals surface area contributed by atoms with Crippen molar-refractivity contribution in [1.29, 1.82) is 0 Å². The number of aliphatic hydroxyl groups excluding tert-OH is 1. The average Bonchev–Trinajstić information content (AvgIpc) is 2.50. The predicted molar refractivity (Wildman–Crippen MR) is 89.5 cm³/mol. The van der Waals surface area contributed by atoms with Gasteiger partial charge in [-0.3, -0.25) is 0 Å². The summed E-state index contributed by atoms with van der Waals surface area (Å²) in [7, 11) is 0. The van der Waals surface area contributed by atoms with Crippen LogP contribution < -0.4 is 0 Å². The van der Waals surface area contributed by atoms with Crippen molar-refractivity contribution in [2.24, 2.45) is 5.92 Å². The summed E-state index contributed by atoms with van der Waals surface area (Å²) in [6.45, 7) is 6.54. The van der Waals surface area contributed by atoms with Crippen LogP contribution in [-0.4, -0.2) is 11.2 Å². The van der Waals surface area contributed by atoms with Crippen LogP contribution in [0.3, 0.4) is 0 Å². The number of aryl methyl sites for hydroxylation is 1. The molecule has 1 nitrogen and oxygen atoms in total. The smallest absolute Gasteiger partial charge is 0.0651 e. The van der Waals surface area contributed by atoms with Gasteiger partial charge in [0.15, 0.2) is 0 Å². The largest absolute Gasteiger partial charge is 0.392 e. The number of aliphatic hydroxyl groups is 1. The first-order valence-electron chi connectivity index (χ1n) is 7.91. The van der Waals surface area contributed by atoms with E-state index in [0.29, 0.717) is 5.92 Å². The van der Waals surface area contributed by atoms with Crippen LogP contribution in [-0.2, 0) is 6.42 Å². The molecule has 2 aromatic carbocycles. The van der Waals surface area contributed by atoms with Crippen molar-refractivity contribution in [1.82, 2.24) is 0 Å². The Morgan fingerprint density at radius 2 is 1.57 bits per heavy atom. The Labute approximate surface area is 128 Å². The summed E-state index contributed by atoms with van der Waals surface area (Å²) in [4.78, 5) is 0. The fraction of sp³-hybridized carbons (Fsp3) is 0.400. The van der Waals surface area contributed by atoms with Crippen LogP contribution in [0.4, 0.5) is 0 Å². The molecule has 0 saturated carbocycles. The molecule has 0 heterocycles. The van der Waals surface area contributed by atoms with E-state index in [2.05, 4.69) is 69.3 Å². The van der Waals surface area contributed by atoms with Crippen molar-refractivity contribution >= 4 is 0 Å². The topological polar surface area (TPSA) is 20.2 Å². The third-order valence-electron chi connectivity index (χ3n) is 4.55. The summed E-state index contributed by atoms with van der Waals surface area (Å²) in [6, 6.07) is 18.8. The van der Waals surface area contributed by atoms with Gasteiger partial charge in [-0.2, -0.15) is 0 Å². The fourth-order valence-electron chi connectivity index (χ4n) is 3.05. The van der Waals surface area contributed by atoms with Crippen LogP contribution in [0.2, 0.25) is 0 Å². The van der Waals surface area contributed by atoms with Gasteiger partial charge in [0.1, 0.15) is 0 Å². The lowest BCUT2D eigenvalue weighted by atomic mass is 9.79. The third kappa shape index (κ3) is 3.95. The lowest BCUT2D eigenvalue weighted by molar-refractivity contribution is 0.117. The molecule has 3 atom stereocenters. The van der Waals surface area contributed by atoms with Gasteiger partial charge in [0.25, 0.3) is 0 Å². The van der Waals surface area contributed by atoms with Crippen molar-refractivity contribution in [3.05, 3.63) is 71.3 Å². The summed E-state index contributed by atoms with van der Waals surface area (Å²) in [5.41, 5.74) is 3.75. The van der Waals surface area contributed by atoms with Crippen LogP contribution in [0.15, 0.2) is 54.6 Å². The number of hydrogen-bond acceptors (Lipinski definition) is 1. The summed E-state index contributed by atoms with van der Waals surface area (Å²) in [6.07, 6.45) is 1.45.